The normalized spacial score (nSPS) is 10.3. The zero-order valence-electron chi connectivity index (χ0n) is 16.4. The average Bonchev–Trinajstić information content (AvgIpc) is 2.77. The van der Waals surface area contributed by atoms with Gasteiger partial charge in [-0.3, -0.25) is 4.79 Å². The molecule has 1 aromatic heterocycles. The molecule has 0 aliphatic heterocycles. The summed E-state index contributed by atoms with van der Waals surface area (Å²) in [6, 6.07) is 26.2. The number of hydrogen-bond acceptors (Lipinski definition) is 6. The van der Waals surface area contributed by atoms with Crippen molar-refractivity contribution >= 4 is 28.9 Å². The van der Waals surface area contributed by atoms with Gasteiger partial charge in [-0.2, -0.15) is 4.98 Å². The Bertz CT molecular complexity index is 1130. The number of carbonyl (C=O) groups excluding carboxylic acids is 1. The topological polar surface area (TPSA) is 76.1 Å². The van der Waals surface area contributed by atoms with E-state index in [0.717, 1.165) is 22.9 Å². The Balaban J connectivity index is 1.40. The highest BCUT2D eigenvalue weighted by Crippen LogP contribution is 2.24. The van der Waals surface area contributed by atoms with Crippen molar-refractivity contribution in [3.05, 3.63) is 96.7 Å². The van der Waals surface area contributed by atoms with Crippen LogP contribution < -0.4 is 15.4 Å². The molecular weight excluding hydrogens is 376 g/mol. The van der Waals surface area contributed by atoms with E-state index in [1.165, 1.54) is 0 Å². The monoisotopic (exact) mass is 396 g/mol. The molecule has 0 aliphatic carbocycles. The molecule has 0 unspecified atom stereocenters. The van der Waals surface area contributed by atoms with Crippen LogP contribution in [0.15, 0.2) is 91.1 Å². The molecule has 0 atom stereocenters. The lowest BCUT2D eigenvalue weighted by atomic mass is 10.1. The highest BCUT2D eigenvalue weighted by Gasteiger charge is 2.04. The molecule has 4 rings (SSSR count). The minimum absolute atomic E-state index is 0.0373. The van der Waals surface area contributed by atoms with Gasteiger partial charge in [0.05, 0.1) is 0 Å². The highest BCUT2D eigenvalue weighted by molar-refractivity contribution is 5.94. The molecule has 0 saturated heterocycles. The minimum Gasteiger partial charge on any atom is -0.457 e. The Kier molecular flexibility index (Phi) is 5.66. The summed E-state index contributed by atoms with van der Waals surface area (Å²) in [7, 11) is 0. The molecule has 2 N–H and O–H groups in total. The zero-order valence-corrected chi connectivity index (χ0v) is 16.4. The van der Waals surface area contributed by atoms with Gasteiger partial charge in [0, 0.05) is 23.1 Å². The summed E-state index contributed by atoms with van der Waals surface area (Å²) in [6.45, 7) is 1.55. The van der Waals surface area contributed by atoms with E-state index < -0.39 is 0 Å². The lowest BCUT2D eigenvalue weighted by Crippen LogP contribution is -2.00. The van der Waals surface area contributed by atoms with Gasteiger partial charge in [-0.25, -0.2) is 4.98 Å². The van der Waals surface area contributed by atoms with Crippen molar-refractivity contribution < 1.29 is 9.53 Å². The van der Waals surface area contributed by atoms with E-state index in [9.17, 15) is 4.79 Å². The predicted octanol–water partition coefficient (Wildman–Crippen LogP) is 5.96. The first-order valence-electron chi connectivity index (χ1n) is 9.47. The van der Waals surface area contributed by atoms with E-state index in [1.54, 1.807) is 31.3 Å². The van der Waals surface area contributed by atoms with Crippen LogP contribution in [-0.2, 0) is 0 Å². The Morgan fingerprint density at radius 1 is 0.767 bits per heavy atom. The third-order valence-electron chi connectivity index (χ3n) is 4.31. The number of Topliss-reactive ketones (excluding diaryl/α,β-unsaturated/α-hetero) is 1. The third kappa shape index (κ3) is 4.99. The molecule has 0 radical (unpaired) electrons. The number of para-hydroxylation sites is 1. The molecule has 0 bridgehead atoms. The molecule has 6 heteroatoms. The molecule has 0 amide bonds. The van der Waals surface area contributed by atoms with Crippen LogP contribution in [0.4, 0.5) is 23.1 Å². The number of hydrogen-bond donors (Lipinski definition) is 2. The highest BCUT2D eigenvalue weighted by atomic mass is 16.5. The third-order valence-corrected chi connectivity index (χ3v) is 4.31. The van der Waals surface area contributed by atoms with Crippen LogP contribution in [0.3, 0.4) is 0 Å². The molecule has 3 aromatic carbocycles. The Hall–Kier alpha value is -4.19. The van der Waals surface area contributed by atoms with E-state index in [1.807, 2.05) is 66.7 Å². The fraction of sp³-hybridized carbons (Fsp3) is 0.0417. The lowest BCUT2D eigenvalue weighted by Gasteiger charge is -2.10. The maximum absolute atomic E-state index is 11.4. The molecule has 148 valence electrons. The van der Waals surface area contributed by atoms with E-state index in [4.69, 9.17) is 4.74 Å². The van der Waals surface area contributed by atoms with Gasteiger partial charge >= 0.3 is 0 Å². The molecule has 6 nitrogen and oxygen atoms in total. The lowest BCUT2D eigenvalue weighted by molar-refractivity contribution is 0.101. The quantitative estimate of drug-likeness (QED) is 0.376. The number of nitrogens with one attached hydrogen (secondary N) is 2. The van der Waals surface area contributed by atoms with Crippen LogP contribution in [0.25, 0.3) is 0 Å². The molecule has 0 spiro atoms. The number of aromatic nitrogens is 2. The smallest absolute Gasteiger partial charge is 0.229 e. The summed E-state index contributed by atoms with van der Waals surface area (Å²) < 4.78 is 5.80. The number of benzene rings is 3. The standard InChI is InChI=1S/C24H20N4O2/c1-17(29)18-7-9-19(10-8-18)26-23-15-16-25-24(28-23)27-20-11-13-22(14-12-20)30-21-5-3-2-4-6-21/h2-16H,1H3,(H2,25,26,27,28). The minimum atomic E-state index is 0.0373. The summed E-state index contributed by atoms with van der Waals surface area (Å²) in [5.41, 5.74) is 2.36. The van der Waals surface area contributed by atoms with Crippen molar-refractivity contribution in [2.24, 2.45) is 0 Å². The van der Waals surface area contributed by atoms with E-state index >= 15 is 0 Å². The van der Waals surface area contributed by atoms with Crippen molar-refractivity contribution in [1.29, 1.82) is 0 Å². The summed E-state index contributed by atoms with van der Waals surface area (Å²) in [5.74, 6) is 2.69. The van der Waals surface area contributed by atoms with Crippen molar-refractivity contribution in [3.63, 3.8) is 0 Å². The molecule has 30 heavy (non-hydrogen) atoms. The average molecular weight is 396 g/mol. The largest absolute Gasteiger partial charge is 0.457 e. The van der Waals surface area contributed by atoms with Gasteiger partial charge in [0.2, 0.25) is 5.95 Å². The van der Waals surface area contributed by atoms with Crippen molar-refractivity contribution in [2.75, 3.05) is 10.6 Å². The fourth-order valence-electron chi connectivity index (χ4n) is 2.78. The number of ether oxygens (including phenoxy) is 1. The van der Waals surface area contributed by atoms with E-state index in [-0.39, 0.29) is 5.78 Å². The first-order chi connectivity index (χ1) is 14.7. The van der Waals surface area contributed by atoms with Crippen LogP contribution in [0.2, 0.25) is 0 Å². The summed E-state index contributed by atoms with van der Waals surface area (Å²) in [4.78, 5) is 20.1. The number of carbonyl (C=O) groups is 1. The second-order valence-electron chi connectivity index (χ2n) is 6.59. The Morgan fingerprint density at radius 3 is 2.10 bits per heavy atom. The number of rotatable bonds is 7. The van der Waals surface area contributed by atoms with Crippen molar-refractivity contribution in [1.82, 2.24) is 9.97 Å². The van der Waals surface area contributed by atoms with Gasteiger partial charge in [-0.15, -0.1) is 0 Å². The predicted molar refractivity (Wildman–Crippen MR) is 118 cm³/mol. The molecule has 1 heterocycles. The van der Waals surface area contributed by atoms with Crippen LogP contribution in [0.1, 0.15) is 17.3 Å². The SMILES string of the molecule is CC(=O)c1ccc(Nc2ccnc(Nc3ccc(Oc4ccccc4)cc3)n2)cc1. The second-order valence-corrected chi connectivity index (χ2v) is 6.59. The first-order valence-corrected chi connectivity index (χ1v) is 9.47. The number of ketones is 1. The molecule has 0 saturated carbocycles. The van der Waals surface area contributed by atoms with Gasteiger partial charge in [-0.05, 0) is 73.7 Å². The van der Waals surface area contributed by atoms with E-state index in [0.29, 0.717) is 17.3 Å². The molecular formula is C24H20N4O2. The molecule has 4 aromatic rings. The van der Waals surface area contributed by atoms with Crippen LogP contribution in [-0.4, -0.2) is 15.8 Å². The molecule has 0 aliphatic rings. The van der Waals surface area contributed by atoms with Gasteiger partial charge in [0.1, 0.15) is 17.3 Å². The first kappa shape index (κ1) is 19.1. The van der Waals surface area contributed by atoms with Gasteiger partial charge in [-0.1, -0.05) is 18.2 Å². The maximum atomic E-state index is 11.4. The maximum Gasteiger partial charge on any atom is 0.229 e. The van der Waals surface area contributed by atoms with Gasteiger partial charge in [0.15, 0.2) is 5.78 Å². The van der Waals surface area contributed by atoms with Gasteiger partial charge in [0.25, 0.3) is 0 Å². The van der Waals surface area contributed by atoms with Gasteiger partial charge < -0.3 is 15.4 Å². The van der Waals surface area contributed by atoms with E-state index in [2.05, 4.69) is 20.6 Å². The van der Waals surface area contributed by atoms with Crippen LogP contribution in [0, 0.1) is 0 Å². The van der Waals surface area contributed by atoms with Crippen LogP contribution >= 0.6 is 0 Å². The fourth-order valence-corrected chi connectivity index (χ4v) is 2.78. The summed E-state index contributed by atoms with van der Waals surface area (Å²) in [6.07, 6.45) is 1.68. The van der Waals surface area contributed by atoms with Crippen molar-refractivity contribution in [2.45, 2.75) is 6.92 Å². The Morgan fingerprint density at radius 2 is 1.40 bits per heavy atom. The second kappa shape index (κ2) is 8.87. The Labute approximate surface area is 174 Å². The van der Waals surface area contributed by atoms with Crippen molar-refractivity contribution in [3.8, 4) is 11.5 Å². The zero-order chi connectivity index (χ0) is 20.8. The number of anilines is 4. The summed E-state index contributed by atoms with van der Waals surface area (Å²) >= 11 is 0. The molecule has 0 fully saturated rings. The number of nitrogens with zero attached hydrogens (tertiary/aromatic N) is 2. The van der Waals surface area contributed by atoms with Crippen LogP contribution in [0.5, 0.6) is 11.5 Å². The summed E-state index contributed by atoms with van der Waals surface area (Å²) in [5, 5.41) is 6.39.